The molecule has 0 spiro atoms. The van der Waals surface area contributed by atoms with E-state index >= 15 is 0 Å². The molecule has 0 aliphatic carbocycles. The molecule has 0 aliphatic heterocycles. The van der Waals surface area contributed by atoms with Gasteiger partial charge in [-0.1, -0.05) is 30.3 Å². The van der Waals surface area contributed by atoms with E-state index in [-0.39, 0.29) is 0 Å². The van der Waals surface area contributed by atoms with Crippen LogP contribution < -0.4 is 15.4 Å². The van der Waals surface area contributed by atoms with Crippen LogP contribution in [-0.4, -0.2) is 23.6 Å². The summed E-state index contributed by atoms with van der Waals surface area (Å²) in [6, 6.07) is 18.1. The molecular formula is C20H22N4O. The smallest absolute Gasteiger partial charge is 0.135 e. The molecular weight excluding hydrogens is 312 g/mol. The third kappa shape index (κ3) is 4.70. The van der Waals surface area contributed by atoms with E-state index < -0.39 is 0 Å². The van der Waals surface area contributed by atoms with Crippen LogP contribution in [0.4, 0.5) is 17.3 Å². The second-order valence-electron chi connectivity index (χ2n) is 5.75. The van der Waals surface area contributed by atoms with E-state index in [1.165, 1.54) is 11.1 Å². The van der Waals surface area contributed by atoms with E-state index in [9.17, 15) is 0 Å². The summed E-state index contributed by atoms with van der Waals surface area (Å²) < 4.78 is 5.17. The molecule has 5 heteroatoms. The van der Waals surface area contributed by atoms with E-state index in [4.69, 9.17) is 4.74 Å². The van der Waals surface area contributed by atoms with Gasteiger partial charge in [-0.05, 0) is 42.7 Å². The van der Waals surface area contributed by atoms with Crippen molar-refractivity contribution in [1.82, 2.24) is 9.97 Å². The van der Waals surface area contributed by atoms with E-state index in [1.54, 1.807) is 13.4 Å². The summed E-state index contributed by atoms with van der Waals surface area (Å²) in [6.07, 6.45) is 2.48. The number of methoxy groups -OCH3 is 1. The fourth-order valence-electron chi connectivity index (χ4n) is 2.50. The van der Waals surface area contributed by atoms with E-state index in [1.807, 2.05) is 36.4 Å². The van der Waals surface area contributed by atoms with Crippen molar-refractivity contribution >= 4 is 17.3 Å². The molecule has 1 aromatic heterocycles. The molecule has 0 atom stereocenters. The van der Waals surface area contributed by atoms with Gasteiger partial charge in [0, 0.05) is 18.3 Å². The molecule has 5 nitrogen and oxygen atoms in total. The summed E-state index contributed by atoms with van der Waals surface area (Å²) in [5, 5.41) is 6.67. The first kappa shape index (κ1) is 16.8. The lowest BCUT2D eigenvalue weighted by atomic mass is 10.1. The predicted octanol–water partition coefficient (Wildman–Crippen LogP) is 4.19. The standard InChI is InChI=1S/C20H22N4O/c1-15-5-3-4-6-18(15)24-20-13-19(22-14-23-20)21-12-11-16-7-9-17(25-2)10-8-16/h3-10,13-14H,11-12H2,1-2H3,(H2,21,22,23,24). The largest absolute Gasteiger partial charge is 0.497 e. The SMILES string of the molecule is COc1ccc(CCNc2cc(Nc3ccccc3C)ncn2)cc1. The second kappa shape index (κ2) is 8.15. The number of benzene rings is 2. The Morgan fingerprint density at radius 1 is 0.960 bits per heavy atom. The Morgan fingerprint density at radius 2 is 1.72 bits per heavy atom. The summed E-state index contributed by atoms with van der Waals surface area (Å²) in [5.74, 6) is 2.45. The van der Waals surface area contributed by atoms with Gasteiger partial charge in [0.2, 0.25) is 0 Å². The first-order valence-corrected chi connectivity index (χ1v) is 8.26. The average molecular weight is 334 g/mol. The van der Waals surface area contributed by atoms with Gasteiger partial charge in [-0.3, -0.25) is 0 Å². The maximum atomic E-state index is 5.17. The normalized spacial score (nSPS) is 10.3. The van der Waals surface area contributed by atoms with Gasteiger partial charge in [-0.2, -0.15) is 0 Å². The minimum Gasteiger partial charge on any atom is -0.497 e. The fraction of sp³-hybridized carbons (Fsp3) is 0.200. The van der Waals surface area contributed by atoms with Crippen LogP contribution in [0.2, 0.25) is 0 Å². The number of hydrogen-bond acceptors (Lipinski definition) is 5. The van der Waals surface area contributed by atoms with Crippen LogP contribution in [-0.2, 0) is 6.42 Å². The maximum absolute atomic E-state index is 5.17. The van der Waals surface area contributed by atoms with Crippen molar-refractivity contribution in [2.45, 2.75) is 13.3 Å². The van der Waals surface area contributed by atoms with Crippen molar-refractivity contribution in [1.29, 1.82) is 0 Å². The summed E-state index contributed by atoms with van der Waals surface area (Å²) in [7, 11) is 1.67. The Kier molecular flexibility index (Phi) is 5.46. The van der Waals surface area contributed by atoms with Crippen LogP contribution in [0.25, 0.3) is 0 Å². The minimum absolute atomic E-state index is 0.774. The lowest BCUT2D eigenvalue weighted by molar-refractivity contribution is 0.414. The zero-order valence-electron chi connectivity index (χ0n) is 14.5. The molecule has 0 bridgehead atoms. The highest BCUT2D eigenvalue weighted by molar-refractivity contribution is 5.61. The number of rotatable bonds is 7. The number of nitrogens with one attached hydrogen (secondary N) is 2. The van der Waals surface area contributed by atoms with Gasteiger partial charge >= 0.3 is 0 Å². The molecule has 0 amide bonds. The molecule has 0 aliphatic rings. The van der Waals surface area contributed by atoms with Crippen molar-refractivity contribution in [2.75, 3.05) is 24.3 Å². The highest BCUT2D eigenvalue weighted by atomic mass is 16.5. The zero-order chi connectivity index (χ0) is 17.5. The molecule has 3 rings (SSSR count). The lowest BCUT2D eigenvalue weighted by Gasteiger charge is -2.10. The molecule has 0 fully saturated rings. The quantitative estimate of drug-likeness (QED) is 0.678. The summed E-state index contributed by atoms with van der Waals surface area (Å²) in [6.45, 7) is 2.87. The molecule has 2 N–H and O–H groups in total. The number of ether oxygens (including phenoxy) is 1. The van der Waals surface area contributed by atoms with Crippen LogP contribution in [0.15, 0.2) is 60.9 Å². The Morgan fingerprint density at radius 3 is 2.48 bits per heavy atom. The zero-order valence-corrected chi connectivity index (χ0v) is 14.5. The number of para-hydroxylation sites is 1. The number of hydrogen-bond donors (Lipinski definition) is 2. The number of aryl methyl sites for hydroxylation is 1. The van der Waals surface area contributed by atoms with Gasteiger partial charge in [-0.25, -0.2) is 9.97 Å². The van der Waals surface area contributed by atoms with E-state index in [0.29, 0.717) is 0 Å². The highest BCUT2D eigenvalue weighted by Gasteiger charge is 2.02. The average Bonchev–Trinajstić information content (AvgIpc) is 2.65. The summed E-state index contributed by atoms with van der Waals surface area (Å²) in [4.78, 5) is 8.56. The Labute approximate surface area is 148 Å². The van der Waals surface area contributed by atoms with Crippen molar-refractivity contribution in [2.24, 2.45) is 0 Å². The van der Waals surface area contributed by atoms with E-state index in [0.717, 1.165) is 36.0 Å². The Balaban J connectivity index is 1.57. The van der Waals surface area contributed by atoms with Crippen molar-refractivity contribution < 1.29 is 4.74 Å². The van der Waals surface area contributed by atoms with Crippen LogP contribution in [0.5, 0.6) is 5.75 Å². The molecule has 128 valence electrons. The minimum atomic E-state index is 0.774. The third-order valence-electron chi connectivity index (χ3n) is 3.95. The van der Waals surface area contributed by atoms with Gasteiger partial charge in [0.05, 0.1) is 7.11 Å². The molecule has 1 heterocycles. The molecule has 0 unspecified atom stereocenters. The van der Waals surface area contributed by atoms with Gasteiger partial charge in [0.1, 0.15) is 23.7 Å². The first-order valence-electron chi connectivity index (χ1n) is 8.26. The number of anilines is 3. The third-order valence-corrected chi connectivity index (χ3v) is 3.95. The monoisotopic (exact) mass is 334 g/mol. The van der Waals surface area contributed by atoms with Crippen LogP contribution in [0, 0.1) is 6.92 Å². The van der Waals surface area contributed by atoms with Crippen molar-refractivity contribution in [3.63, 3.8) is 0 Å². The van der Waals surface area contributed by atoms with Crippen molar-refractivity contribution in [3.05, 3.63) is 72.1 Å². The first-order chi connectivity index (χ1) is 12.2. The van der Waals surface area contributed by atoms with Gasteiger partial charge < -0.3 is 15.4 Å². The predicted molar refractivity (Wildman–Crippen MR) is 102 cm³/mol. The Bertz CT molecular complexity index is 818. The maximum Gasteiger partial charge on any atom is 0.135 e. The number of nitrogens with zero attached hydrogens (tertiary/aromatic N) is 2. The molecule has 0 radical (unpaired) electrons. The Hall–Kier alpha value is -3.08. The number of aromatic nitrogens is 2. The van der Waals surface area contributed by atoms with Gasteiger partial charge in [-0.15, -0.1) is 0 Å². The van der Waals surface area contributed by atoms with Gasteiger partial charge in [0.15, 0.2) is 0 Å². The van der Waals surface area contributed by atoms with Crippen LogP contribution >= 0.6 is 0 Å². The second-order valence-corrected chi connectivity index (χ2v) is 5.75. The van der Waals surface area contributed by atoms with Crippen molar-refractivity contribution in [3.8, 4) is 5.75 Å². The molecule has 2 aromatic carbocycles. The fourth-order valence-corrected chi connectivity index (χ4v) is 2.50. The van der Waals surface area contributed by atoms with Crippen LogP contribution in [0.1, 0.15) is 11.1 Å². The van der Waals surface area contributed by atoms with E-state index in [2.05, 4.69) is 45.7 Å². The van der Waals surface area contributed by atoms with Gasteiger partial charge in [0.25, 0.3) is 0 Å². The van der Waals surface area contributed by atoms with Crippen LogP contribution in [0.3, 0.4) is 0 Å². The molecule has 0 saturated carbocycles. The summed E-state index contributed by atoms with van der Waals surface area (Å²) >= 11 is 0. The highest BCUT2D eigenvalue weighted by Crippen LogP contribution is 2.19. The lowest BCUT2D eigenvalue weighted by Crippen LogP contribution is -2.07. The molecule has 3 aromatic rings. The molecule has 0 saturated heterocycles. The summed E-state index contributed by atoms with van der Waals surface area (Å²) in [5.41, 5.74) is 3.47. The molecule has 25 heavy (non-hydrogen) atoms. The topological polar surface area (TPSA) is 59.1 Å².